The minimum Gasteiger partial charge on any atom is -0.339 e. The van der Waals surface area contributed by atoms with Crippen LogP contribution in [0.15, 0.2) is 35.5 Å². The Morgan fingerprint density at radius 3 is 3.00 bits per heavy atom. The number of hydrogen-bond donors (Lipinski definition) is 1. The van der Waals surface area contributed by atoms with E-state index in [1.165, 1.54) is 6.33 Å². The third-order valence-corrected chi connectivity index (χ3v) is 2.63. The maximum absolute atomic E-state index is 12.1. The van der Waals surface area contributed by atoms with E-state index in [1.807, 2.05) is 25.1 Å². The van der Waals surface area contributed by atoms with Gasteiger partial charge in [0.25, 0.3) is 0 Å². The predicted molar refractivity (Wildman–Crippen MR) is 62.4 cm³/mol. The van der Waals surface area contributed by atoms with Gasteiger partial charge in [-0.3, -0.25) is 4.79 Å². The molecule has 0 fully saturated rings. The van der Waals surface area contributed by atoms with Gasteiger partial charge in [0.2, 0.25) is 0 Å². The van der Waals surface area contributed by atoms with Crippen molar-refractivity contribution in [3.05, 3.63) is 46.5 Å². The highest BCUT2D eigenvalue weighted by Crippen LogP contribution is 2.13. The molecular weight excluding hydrogens is 202 g/mol. The van der Waals surface area contributed by atoms with Crippen molar-refractivity contribution in [1.29, 1.82) is 0 Å². The van der Waals surface area contributed by atoms with E-state index in [9.17, 15) is 4.79 Å². The molecule has 1 aromatic carbocycles. The molecule has 0 bridgehead atoms. The Morgan fingerprint density at radius 1 is 1.25 bits per heavy atom. The fraction of sp³-hybridized carbons (Fsp3) is 0.0833. The topological polar surface area (TPSA) is 58.6 Å². The Balaban J connectivity index is 2.61. The Labute approximate surface area is 91.0 Å². The van der Waals surface area contributed by atoms with Crippen LogP contribution >= 0.6 is 0 Å². The van der Waals surface area contributed by atoms with Crippen LogP contribution in [0.4, 0.5) is 0 Å². The third-order valence-electron chi connectivity index (χ3n) is 2.63. The van der Waals surface area contributed by atoms with E-state index in [4.69, 9.17) is 0 Å². The second-order valence-corrected chi connectivity index (χ2v) is 3.79. The molecule has 16 heavy (non-hydrogen) atoms. The summed E-state index contributed by atoms with van der Waals surface area (Å²) in [6.07, 6.45) is 2.97. The molecule has 0 aliphatic carbocycles. The zero-order valence-electron chi connectivity index (χ0n) is 8.69. The Bertz CT molecular complexity index is 746. The van der Waals surface area contributed by atoms with Crippen LogP contribution in [0.2, 0.25) is 0 Å². The monoisotopic (exact) mass is 211 g/mol. The molecule has 0 saturated carbocycles. The van der Waals surface area contributed by atoms with Crippen LogP contribution in [-0.2, 0) is 0 Å². The van der Waals surface area contributed by atoms with Crippen LogP contribution in [0, 0.1) is 6.92 Å². The zero-order valence-corrected chi connectivity index (χ0v) is 8.69. The fourth-order valence-corrected chi connectivity index (χ4v) is 1.82. The molecule has 0 aliphatic heterocycles. The molecule has 2 aromatic heterocycles. The van der Waals surface area contributed by atoms with Gasteiger partial charge in [0.15, 0.2) is 5.43 Å². The molecule has 4 nitrogen and oxygen atoms in total. The molecule has 78 valence electrons. The predicted octanol–water partition coefficient (Wildman–Crippen LogP) is 1.78. The van der Waals surface area contributed by atoms with Gasteiger partial charge in [-0.2, -0.15) is 0 Å². The van der Waals surface area contributed by atoms with Gasteiger partial charge < -0.3 is 4.98 Å². The summed E-state index contributed by atoms with van der Waals surface area (Å²) in [7, 11) is 0. The van der Waals surface area contributed by atoms with Crippen LogP contribution in [0.1, 0.15) is 5.56 Å². The minimum atomic E-state index is -0.0203. The first-order valence-electron chi connectivity index (χ1n) is 4.98. The van der Waals surface area contributed by atoms with Gasteiger partial charge in [-0.05, 0) is 19.1 Å². The lowest BCUT2D eigenvalue weighted by Crippen LogP contribution is -2.05. The number of nitrogens with zero attached hydrogens (tertiary/aromatic N) is 2. The van der Waals surface area contributed by atoms with Crippen molar-refractivity contribution in [2.24, 2.45) is 0 Å². The van der Waals surface area contributed by atoms with Gasteiger partial charge in [0, 0.05) is 11.6 Å². The van der Waals surface area contributed by atoms with Crippen LogP contribution in [0.3, 0.4) is 0 Å². The lowest BCUT2D eigenvalue weighted by Gasteiger charge is -2.01. The summed E-state index contributed by atoms with van der Waals surface area (Å²) in [5.41, 5.74) is 2.43. The quantitative estimate of drug-likeness (QED) is 0.576. The first kappa shape index (κ1) is 9.03. The summed E-state index contributed by atoms with van der Waals surface area (Å²) in [4.78, 5) is 23.2. The lowest BCUT2D eigenvalue weighted by atomic mass is 10.1. The number of aromatic nitrogens is 3. The molecule has 0 saturated heterocycles. The number of nitrogens with one attached hydrogen (secondary N) is 1. The average Bonchev–Trinajstić information content (AvgIpc) is 2.31. The molecule has 3 rings (SSSR count). The van der Waals surface area contributed by atoms with E-state index >= 15 is 0 Å². The lowest BCUT2D eigenvalue weighted by molar-refractivity contribution is 1.19. The van der Waals surface area contributed by atoms with Gasteiger partial charge in [-0.1, -0.05) is 11.6 Å². The van der Waals surface area contributed by atoms with Crippen molar-refractivity contribution in [3.8, 4) is 0 Å². The number of aromatic amines is 1. The van der Waals surface area contributed by atoms with E-state index in [1.54, 1.807) is 6.20 Å². The number of hydrogen-bond acceptors (Lipinski definition) is 3. The van der Waals surface area contributed by atoms with Gasteiger partial charge in [0.1, 0.15) is 12.0 Å². The van der Waals surface area contributed by atoms with E-state index in [-0.39, 0.29) is 5.43 Å². The largest absolute Gasteiger partial charge is 0.339 e. The van der Waals surface area contributed by atoms with E-state index in [0.717, 1.165) is 11.1 Å². The molecule has 3 aromatic rings. The molecule has 0 radical (unpaired) electrons. The normalized spacial score (nSPS) is 11.1. The van der Waals surface area contributed by atoms with Crippen LogP contribution < -0.4 is 5.43 Å². The summed E-state index contributed by atoms with van der Waals surface area (Å²) >= 11 is 0. The molecule has 0 aliphatic rings. The summed E-state index contributed by atoms with van der Waals surface area (Å²) in [5, 5.41) is 1.21. The van der Waals surface area contributed by atoms with E-state index in [0.29, 0.717) is 16.4 Å². The number of H-pyrrole nitrogens is 1. The van der Waals surface area contributed by atoms with Crippen molar-refractivity contribution in [2.75, 3.05) is 0 Å². The van der Waals surface area contributed by atoms with Gasteiger partial charge in [0.05, 0.1) is 10.9 Å². The molecule has 4 heteroatoms. The maximum atomic E-state index is 12.1. The molecule has 2 heterocycles. The SMILES string of the molecule is Cc1ccc2[nH]c3ncncc3c(=O)c2c1. The van der Waals surface area contributed by atoms with Crippen molar-refractivity contribution in [1.82, 2.24) is 15.0 Å². The Hall–Kier alpha value is -2.23. The smallest absolute Gasteiger partial charge is 0.200 e. The molecule has 0 atom stereocenters. The Morgan fingerprint density at radius 2 is 2.12 bits per heavy atom. The van der Waals surface area contributed by atoms with Crippen LogP contribution in [0.5, 0.6) is 0 Å². The van der Waals surface area contributed by atoms with Crippen LogP contribution in [0.25, 0.3) is 21.9 Å². The first-order chi connectivity index (χ1) is 7.75. The van der Waals surface area contributed by atoms with E-state index in [2.05, 4.69) is 15.0 Å². The zero-order chi connectivity index (χ0) is 11.1. The minimum absolute atomic E-state index is 0.0203. The van der Waals surface area contributed by atoms with Crippen molar-refractivity contribution in [2.45, 2.75) is 6.92 Å². The second kappa shape index (κ2) is 3.13. The summed E-state index contributed by atoms with van der Waals surface area (Å²) in [6, 6.07) is 5.74. The average molecular weight is 211 g/mol. The molecule has 0 spiro atoms. The molecular formula is C12H9N3O. The van der Waals surface area contributed by atoms with Gasteiger partial charge in [-0.15, -0.1) is 0 Å². The molecule has 0 unspecified atom stereocenters. The first-order valence-corrected chi connectivity index (χ1v) is 4.98. The number of rotatable bonds is 0. The number of pyridine rings is 1. The number of fused-ring (bicyclic) bond motifs is 2. The fourth-order valence-electron chi connectivity index (χ4n) is 1.82. The third kappa shape index (κ3) is 1.20. The van der Waals surface area contributed by atoms with E-state index < -0.39 is 0 Å². The molecule has 0 amide bonds. The highest BCUT2D eigenvalue weighted by atomic mass is 16.1. The number of benzene rings is 1. The Kier molecular flexibility index (Phi) is 1.77. The van der Waals surface area contributed by atoms with Gasteiger partial charge in [-0.25, -0.2) is 9.97 Å². The van der Waals surface area contributed by atoms with Crippen molar-refractivity contribution in [3.63, 3.8) is 0 Å². The molecule has 1 N–H and O–H groups in total. The summed E-state index contributed by atoms with van der Waals surface area (Å²) in [5.74, 6) is 0. The van der Waals surface area contributed by atoms with Crippen molar-refractivity contribution >= 4 is 21.9 Å². The summed E-state index contributed by atoms with van der Waals surface area (Å²) < 4.78 is 0. The number of aryl methyl sites for hydroxylation is 1. The summed E-state index contributed by atoms with van der Waals surface area (Å²) in [6.45, 7) is 1.96. The maximum Gasteiger partial charge on any atom is 0.200 e. The van der Waals surface area contributed by atoms with Crippen LogP contribution in [-0.4, -0.2) is 15.0 Å². The van der Waals surface area contributed by atoms with Gasteiger partial charge >= 0.3 is 0 Å². The van der Waals surface area contributed by atoms with Crippen molar-refractivity contribution < 1.29 is 0 Å². The highest BCUT2D eigenvalue weighted by molar-refractivity contribution is 5.90. The second-order valence-electron chi connectivity index (χ2n) is 3.79. The highest BCUT2D eigenvalue weighted by Gasteiger charge is 2.05. The standard InChI is InChI=1S/C12H9N3O/c1-7-2-3-10-8(4-7)11(16)9-5-13-6-14-12(9)15-10/h2-6H,1H3,(H,13,14,15,16).